The van der Waals surface area contributed by atoms with Crippen LogP contribution in [0.2, 0.25) is 5.02 Å². The van der Waals surface area contributed by atoms with E-state index < -0.39 is 5.97 Å². The summed E-state index contributed by atoms with van der Waals surface area (Å²) in [5.74, 6) is -1.37. The Hall–Kier alpha value is -0.820. The Labute approximate surface area is 111 Å². The Morgan fingerprint density at radius 1 is 1.50 bits per heavy atom. The average Bonchev–Trinajstić information content (AvgIpc) is 2.15. The number of nitrogens with zero attached hydrogens (tertiary/aromatic N) is 1. The molecule has 0 saturated carbocycles. The first kappa shape index (κ1) is 13.2. The Morgan fingerprint density at radius 2 is 2.12 bits per heavy atom. The molecule has 1 aromatic carbocycles. The molecular formula is C10H9ClINO3. The van der Waals surface area contributed by atoms with Crippen molar-refractivity contribution in [3.05, 3.63) is 32.4 Å². The molecule has 0 aromatic heterocycles. The number of benzene rings is 1. The lowest BCUT2D eigenvalue weighted by molar-refractivity contribution is -0.137. The van der Waals surface area contributed by atoms with E-state index in [1.807, 2.05) is 22.6 Å². The molecule has 1 N–H and O–H groups in total. The Balaban J connectivity index is 2.92. The maximum absolute atomic E-state index is 11.8. The van der Waals surface area contributed by atoms with E-state index in [4.69, 9.17) is 16.7 Å². The fraction of sp³-hybridized carbons (Fsp3) is 0.200. The molecule has 6 heteroatoms. The second-order valence-corrected chi connectivity index (χ2v) is 4.78. The SMILES string of the molecule is CN(CC(=O)O)C(=O)c1ccc(Cl)cc1I. The highest BCUT2D eigenvalue weighted by Gasteiger charge is 2.16. The number of hydrogen-bond donors (Lipinski definition) is 1. The summed E-state index contributed by atoms with van der Waals surface area (Å²) in [5, 5.41) is 9.12. The van der Waals surface area contributed by atoms with Crippen molar-refractivity contribution in [3.63, 3.8) is 0 Å². The standard InChI is InChI=1S/C10H9ClINO3/c1-13(5-9(14)15)10(16)7-3-2-6(11)4-8(7)12/h2-4H,5H2,1H3,(H,14,15). The molecule has 1 aromatic rings. The highest BCUT2D eigenvalue weighted by atomic mass is 127. The molecule has 0 aliphatic carbocycles. The largest absolute Gasteiger partial charge is 0.480 e. The lowest BCUT2D eigenvalue weighted by atomic mass is 10.2. The second kappa shape index (κ2) is 5.49. The number of hydrogen-bond acceptors (Lipinski definition) is 2. The van der Waals surface area contributed by atoms with Gasteiger partial charge in [0, 0.05) is 15.6 Å². The third kappa shape index (κ3) is 3.34. The van der Waals surface area contributed by atoms with Gasteiger partial charge in [0.15, 0.2) is 0 Å². The second-order valence-electron chi connectivity index (χ2n) is 3.18. The Kier molecular flexibility index (Phi) is 4.55. The van der Waals surface area contributed by atoms with Crippen LogP contribution in [0.15, 0.2) is 18.2 Å². The van der Waals surface area contributed by atoms with Gasteiger partial charge in [0.25, 0.3) is 5.91 Å². The lowest BCUT2D eigenvalue weighted by Gasteiger charge is -2.15. The molecule has 0 spiro atoms. The van der Waals surface area contributed by atoms with E-state index >= 15 is 0 Å². The summed E-state index contributed by atoms with van der Waals surface area (Å²) in [5.41, 5.74) is 0.453. The van der Waals surface area contributed by atoms with Crippen LogP contribution < -0.4 is 0 Å². The normalized spacial score (nSPS) is 9.94. The van der Waals surface area contributed by atoms with Crippen molar-refractivity contribution in [2.45, 2.75) is 0 Å². The van der Waals surface area contributed by atoms with Crippen molar-refractivity contribution >= 4 is 46.1 Å². The van der Waals surface area contributed by atoms with Crippen LogP contribution in [-0.4, -0.2) is 35.5 Å². The summed E-state index contributed by atoms with van der Waals surface area (Å²) in [6.07, 6.45) is 0. The Morgan fingerprint density at radius 3 is 2.62 bits per heavy atom. The quantitative estimate of drug-likeness (QED) is 0.847. The van der Waals surface area contributed by atoms with E-state index in [0.717, 1.165) is 4.90 Å². The van der Waals surface area contributed by atoms with E-state index in [2.05, 4.69) is 0 Å². The molecule has 0 radical (unpaired) electrons. The van der Waals surface area contributed by atoms with Gasteiger partial charge in [-0.25, -0.2) is 0 Å². The number of carbonyl (C=O) groups is 2. The van der Waals surface area contributed by atoms with Gasteiger partial charge < -0.3 is 10.0 Å². The van der Waals surface area contributed by atoms with Gasteiger partial charge in [-0.3, -0.25) is 9.59 Å². The fourth-order valence-corrected chi connectivity index (χ4v) is 2.25. The van der Waals surface area contributed by atoms with Crippen LogP contribution in [0.5, 0.6) is 0 Å². The number of carboxylic acid groups (broad SMARTS) is 1. The summed E-state index contributed by atoms with van der Waals surface area (Å²) >= 11 is 7.75. The van der Waals surface area contributed by atoms with Gasteiger partial charge in [0.2, 0.25) is 0 Å². The predicted octanol–water partition coefficient (Wildman–Crippen LogP) is 2.10. The highest BCUT2D eigenvalue weighted by molar-refractivity contribution is 14.1. The van der Waals surface area contributed by atoms with Gasteiger partial charge in [-0.15, -0.1) is 0 Å². The molecular weight excluding hydrogens is 344 g/mol. The molecule has 86 valence electrons. The molecule has 0 aliphatic heterocycles. The molecule has 1 rings (SSSR count). The molecule has 4 nitrogen and oxygen atoms in total. The van der Waals surface area contributed by atoms with Crippen molar-refractivity contribution in [2.75, 3.05) is 13.6 Å². The first-order chi connectivity index (χ1) is 7.41. The zero-order valence-corrected chi connectivity index (χ0v) is 11.3. The molecule has 0 fully saturated rings. The van der Waals surface area contributed by atoms with Crippen LogP contribution in [-0.2, 0) is 4.79 Å². The number of carbonyl (C=O) groups excluding carboxylic acids is 1. The third-order valence-corrected chi connectivity index (χ3v) is 3.01. The predicted molar refractivity (Wildman–Crippen MR) is 68.8 cm³/mol. The van der Waals surface area contributed by atoms with Crippen molar-refractivity contribution in [1.82, 2.24) is 4.90 Å². The Bertz CT molecular complexity index is 436. The zero-order valence-electron chi connectivity index (χ0n) is 8.41. The van der Waals surface area contributed by atoms with E-state index in [-0.39, 0.29) is 12.5 Å². The number of amides is 1. The summed E-state index contributed by atoms with van der Waals surface area (Å²) < 4.78 is 0.701. The number of likely N-dealkylation sites (N-methyl/N-ethyl adjacent to an activating group) is 1. The monoisotopic (exact) mass is 353 g/mol. The molecule has 0 saturated heterocycles. The molecule has 1 amide bonds. The van der Waals surface area contributed by atoms with Crippen LogP contribution in [0.1, 0.15) is 10.4 Å². The minimum Gasteiger partial charge on any atom is -0.480 e. The topological polar surface area (TPSA) is 57.6 Å². The van der Waals surface area contributed by atoms with E-state index in [0.29, 0.717) is 14.2 Å². The number of rotatable bonds is 3. The summed E-state index contributed by atoms with van der Waals surface area (Å²) in [6.45, 7) is -0.322. The van der Waals surface area contributed by atoms with E-state index in [1.54, 1.807) is 18.2 Å². The van der Waals surface area contributed by atoms with Crippen LogP contribution >= 0.6 is 34.2 Å². The number of aliphatic carboxylic acids is 1. The maximum atomic E-state index is 11.8. The first-order valence-electron chi connectivity index (χ1n) is 4.34. The maximum Gasteiger partial charge on any atom is 0.323 e. The lowest BCUT2D eigenvalue weighted by Crippen LogP contribution is -2.32. The first-order valence-corrected chi connectivity index (χ1v) is 5.80. The fourth-order valence-electron chi connectivity index (χ4n) is 1.14. The van der Waals surface area contributed by atoms with Crippen molar-refractivity contribution in [1.29, 1.82) is 0 Å². The number of carboxylic acids is 1. The average molecular weight is 354 g/mol. The van der Waals surface area contributed by atoms with Crippen molar-refractivity contribution in [3.8, 4) is 0 Å². The van der Waals surface area contributed by atoms with Crippen molar-refractivity contribution in [2.24, 2.45) is 0 Å². The van der Waals surface area contributed by atoms with Crippen molar-refractivity contribution < 1.29 is 14.7 Å². The van der Waals surface area contributed by atoms with Gasteiger partial charge >= 0.3 is 5.97 Å². The van der Waals surface area contributed by atoms with Gasteiger partial charge in [0.05, 0.1) is 5.56 Å². The van der Waals surface area contributed by atoms with Gasteiger partial charge in [-0.2, -0.15) is 0 Å². The zero-order chi connectivity index (χ0) is 12.3. The summed E-state index contributed by atoms with van der Waals surface area (Å²) in [7, 11) is 1.45. The minimum atomic E-state index is -1.04. The molecule has 0 heterocycles. The van der Waals surface area contributed by atoms with Gasteiger partial charge in [-0.1, -0.05) is 11.6 Å². The van der Waals surface area contributed by atoms with Crippen LogP contribution in [0.25, 0.3) is 0 Å². The third-order valence-electron chi connectivity index (χ3n) is 1.88. The van der Waals surface area contributed by atoms with Gasteiger partial charge in [-0.05, 0) is 40.8 Å². The van der Waals surface area contributed by atoms with Crippen LogP contribution in [0.3, 0.4) is 0 Å². The van der Waals surface area contributed by atoms with Gasteiger partial charge in [0.1, 0.15) is 6.54 Å². The minimum absolute atomic E-state index is 0.322. The molecule has 0 atom stereocenters. The smallest absolute Gasteiger partial charge is 0.323 e. The van der Waals surface area contributed by atoms with Crippen LogP contribution in [0.4, 0.5) is 0 Å². The van der Waals surface area contributed by atoms with Crippen LogP contribution in [0, 0.1) is 3.57 Å². The van der Waals surface area contributed by atoms with E-state index in [1.165, 1.54) is 7.05 Å². The molecule has 0 aliphatic rings. The highest BCUT2D eigenvalue weighted by Crippen LogP contribution is 2.19. The molecule has 0 unspecified atom stereocenters. The van der Waals surface area contributed by atoms with E-state index in [9.17, 15) is 9.59 Å². The summed E-state index contributed by atoms with van der Waals surface area (Å²) in [4.78, 5) is 23.4. The summed E-state index contributed by atoms with van der Waals surface area (Å²) in [6, 6.07) is 4.85. The molecule has 16 heavy (non-hydrogen) atoms. The number of halogens is 2. The molecule has 0 bridgehead atoms.